The van der Waals surface area contributed by atoms with E-state index in [0.29, 0.717) is 10.8 Å². The highest BCUT2D eigenvalue weighted by Crippen LogP contribution is 2.30. The summed E-state index contributed by atoms with van der Waals surface area (Å²) < 4.78 is 5.01. The van der Waals surface area contributed by atoms with Crippen molar-refractivity contribution in [1.29, 1.82) is 0 Å². The Morgan fingerprint density at radius 3 is 2.57 bits per heavy atom. The Bertz CT molecular complexity index is 315. The zero-order chi connectivity index (χ0) is 10.7. The third-order valence-corrected chi connectivity index (χ3v) is 2.75. The van der Waals surface area contributed by atoms with Gasteiger partial charge in [0.1, 0.15) is 5.75 Å². The van der Waals surface area contributed by atoms with E-state index in [1.54, 1.807) is 25.3 Å². The maximum atomic E-state index is 9.74. The van der Waals surface area contributed by atoms with Gasteiger partial charge in [0.05, 0.1) is 18.2 Å². The van der Waals surface area contributed by atoms with Gasteiger partial charge in [0.15, 0.2) is 0 Å². The van der Waals surface area contributed by atoms with Crippen LogP contribution in [-0.2, 0) is 0 Å². The summed E-state index contributed by atoms with van der Waals surface area (Å²) in [4.78, 5) is -0.00744. The number of aliphatic hydroxyl groups excluding tert-OH is 1. The molecule has 2 atom stereocenters. The van der Waals surface area contributed by atoms with E-state index in [9.17, 15) is 5.11 Å². The standard InChI is InChI=1S/C10H12BrClO2/c1-6(11)10(13)7-3-4-9(14-2)8(12)5-7/h3-6,10,13H,1-2H3. The Balaban J connectivity index is 2.96. The average molecular weight is 280 g/mol. The van der Waals surface area contributed by atoms with Gasteiger partial charge in [-0.15, -0.1) is 0 Å². The molecule has 0 fully saturated rings. The smallest absolute Gasteiger partial charge is 0.137 e. The SMILES string of the molecule is COc1ccc(C(O)C(C)Br)cc1Cl. The van der Waals surface area contributed by atoms with Gasteiger partial charge in [-0.3, -0.25) is 0 Å². The molecule has 0 saturated heterocycles. The predicted octanol–water partition coefficient (Wildman–Crippen LogP) is 3.17. The molecule has 14 heavy (non-hydrogen) atoms. The Morgan fingerprint density at radius 1 is 1.50 bits per heavy atom. The van der Waals surface area contributed by atoms with Crippen LogP contribution in [0.1, 0.15) is 18.6 Å². The van der Waals surface area contributed by atoms with Crippen molar-refractivity contribution >= 4 is 27.5 Å². The van der Waals surface area contributed by atoms with E-state index in [2.05, 4.69) is 15.9 Å². The lowest BCUT2D eigenvalue weighted by Crippen LogP contribution is -2.07. The third-order valence-electron chi connectivity index (χ3n) is 1.95. The second-order valence-corrected chi connectivity index (χ2v) is 4.87. The minimum absolute atomic E-state index is 0.00744. The van der Waals surface area contributed by atoms with E-state index in [0.717, 1.165) is 5.56 Å². The Labute approximate surface area is 97.0 Å². The van der Waals surface area contributed by atoms with Gasteiger partial charge in [-0.1, -0.05) is 33.6 Å². The summed E-state index contributed by atoms with van der Waals surface area (Å²) >= 11 is 9.24. The predicted molar refractivity (Wildman–Crippen MR) is 61.4 cm³/mol. The first kappa shape index (κ1) is 11.8. The quantitative estimate of drug-likeness (QED) is 0.861. The van der Waals surface area contributed by atoms with E-state index in [1.807, 2.05) is 6.92 Å². The van der Waals surface area contributed by atoms with Gasteiger partial charge in [0.2, 0.25) is 0 Å². The molecule has 4 heteroatoms. The number of methoxy groups -OCH3 is 1. The van der Waals surface area contributed by atoms with Gasteiger partial charge in [0.25, 0.3) is 0 Å². The first-order valence-electron chi connectivity index (χ1n) is 4.22. The zero-order valence-corrected chi connectivity index (χ0v) is 10.3. The van der Waals surface area contributed by atoms with Crippen molar-refractivity contribution in [1.82, 2.24) is 0 Å². The van der Waals surface area contributed by atoms with E-state index in [1.165, 1.54) is 0 Å². The Hall–Kier alpha value is -0.250. The first-order valence-corrected chi connectivity index (χ1v) is 5.51. The summed E-state index contributed by atoms with van der Waals surface area (Å²) in [6.45, 7) is 1.88. The maximum absolute atomic E-state index is 9.74. The minimum atomic E-state index is -0.557. The van der Waals surface area contributed by atoms with Crippen LogP contribution in [0.5, 0.6) is 5.75 Å². The molecule has 78 valence electrons. The fourth-order valence-electron chi connectivity index (χ4n) is 1.13. The molecular weight excluding hydrogens is 267 g/mol. The number of hydrogen-bond donors (Lipinski definition) is 1. The van der Waals surface area contributed by atoms with Gasteiger partial charge < -0.3 is 9.84 Å². The fraction of sp³-hybridized carbons (Fsp3) is 0.400. The van der Waals surface area contributed by atoms with Crippen LogP contribution >= 0.6 is 27.5 Å². The molecule has 0 aliphatic rings. The maximum Gasteiger partial charge on any atom is 0.137 e. The number of hydrogen-bond acceptors (Lipinski definition) is 2. The third kappa shape index (κ3) is 2.62. The molecule has 0 aliphatic heterocycles. The van der Waals surface area contributed by atoms with E-state index in [-0.39, 0.29) is 4.83 Å². The average Bonchev–Trinajstić information content (AvgIpc) is 2.16. The number of ether oxygens (including phenoxy) is 1. The number of benzene rings is 1. The molecule has 0 heterocycles. The highest BCUT2D eigenvalue weighted by Gasteiger charge is 2.14. The lowest BCUT2D eigenvalue weighted by molar-refractivity contribution is 0.181. The molecule has 0 aliphatic carbocycles. The van der Waals surface area contributed by atoms with Crippen LogP contribution in [0.2, 0.25) is 5.02 Å². The summed E-state index contributed by atoms with van der Waals surface area (Å²) in [6.07, 6.45) is -0.557. The lowest BCUT2D eigenvalue weighted by Gasteiger charge is -2.14. The van der Waals surface area contributed by atoms with Gasteiger partial charge in [-0.2, -0.15) is 0 Å². The summed E-state index contributed by atoms with van der Waals surface area (Å²) in [5.41, 5.74) is 0.778. The largest absolute Gasteiger partial charge is 0.495 e. The monoisotopic (exact) mass is 278 g/mol. The molecule has 1 aromatic rings. The van der Waals surface area contributed by atoms with Gasteiger partial charge >= 0.3 is 0 Å². The number of halogens is 2. The van der Waals surface area contributed by atoms with Crippen molar-refractivity contribution in [3.63, 3.8) is 0 Å². The Morgan fingerprint density at radius 2 is 2.14 bits per heavy atom. The normalized spacial score (nSPS) is 14.9. The van der Waals surface area contributed by atoms with Gasteiger partial charge in [-0.25, -0.2) is 0 Å². The van der Waals surface area contributed by atoms with E-state index >= 15 is 0 Å². The molecule has 0 saturated carbocycles. The topological polar surface area (TPSA) is 29.5 Å². The Kier molecular flexibility index (Phi) is 4.23. The highest BCUT2D eigenvalue weighted by atomic mass is 79.9. The lowest BCUT2D eigenvalue weighted by atomic mass is 10.1. The molecule has 0 aromatic heterocycles. The molecular formula is C10H12BrClO2. The second-order valence-electron chi connectivity index (χ2n) is 3.02. The minimum Gasteiger partial charge on any atom is -0.495 e. The second kappa shape index (κ2) is 5.01. The molecule has 0 amide bonds. The summed E-state index contributed by atoms with van der Waals surface area (Å²) in [5.74, 6) is 0.616. The fourth-order valence-corrected chi connectivity index (χ4v) is 1.70. The van der Waals surface area contributed by atoms with Crippen molar-refractivity contribution in [3.8, 4) is 5.75 Å². The van der Waals surface area contributed by atoms with E-state index in [4.69, 9.17) is 16.3 Å². The van der Waals surface area contributed by atoms with Crippen molar-refractivity contribution in [3.05, 3.63) is 28.8 Å². The molecule has 0 spiro atoms. The summed E-state index contributed by atoms with van der Waals surface area (Å²) in [6, 6.07) is 5.26. The molecule has 1 rings (SSSR count). The molecule has 2 nitrogen and oxygen atoms in total. The number of aliphatic hydroxyl groups is 1. The van der Waals surface area contributed by atoms with Crippen LogP contribution in [0.25, 0.3) is 0 Å². The highest BCUT2D eigenvalue weighted by molar-refractivity contribution is 9.09. The molecule has 0 bridgehead atoms. The van der Waals surface area contributed by atoms with Crippen LogP contribution in [-0.4, -0.2) is 17.0 Å². The van der Waals surface area contributed by atoms with Crippen LogP contribution < -0.4 is 4.74 Å². The van der Waals surface area contributed by atoms with Crippen molar-refractivity contribution in [2.45, 2.75) is 17.9 Å². The molecule has 1 aromatic carbocycles. The van der Waals surface area contributed by atoms with Crippen LogP contribution in [0, 0.1) is 0 Å². The van der Waals surface area contributed by atoms with Gasteiger partial charge in [0, 0.05) is 4.83 Å². The van der Waals surface area contributed by atoms with Crippen molar-refractivity contribution in [2.75, 3.05) is 7.11 Å². The summed E-state index contributed by atoms with van der Waals surface area (Å²) in [5, 5.41) is 10.3. The molecule has 1 N–H and O–H groups in total. The molecule has 2 unspecified atom stereocenters. The number of alkyl halides is 1. The van der Waals surface area contributed by atoms with Crippen molar-refractivity contribution < 1.29 is 9.84 Å². The van der Waals surface area contributed by atoms with Crippen LogP contribution in [0.3, 0.4) is 0 Å². The molecule has 0 radical (unpaired) electrons. The van der Waals surface area contributed by atoms with Gasteiger partial charge in [-0.05, 0) is 24.6 Å². The van der Waals surface area contributed by atoms with E-state index < -0.39 is 6.10 Å². The first-order chi connectivity index (χ1) is 6.56. The zero-order valence-electron chi connectivity index (χ0n) is 8.00. The van der Waals surface area contributed by atoms with Crippen LogP contribution in [0.4, 0.5) is 0 Å². The van der Waals surface area contributed by atoms with Crippen molar-refractivity contribution in [2.24, 2.45) is 0 Å². The summed E-state index contributed by atoms with van der Waals surface area (Å²) in [7, 11) is 1.56. The number of rotatable bonds is 3. The van der Waals surface area contributed by atoms with Crippen LogP contribution in [0.15, 0.2) is 18.2 Å².